The van der Waals surface area contributed by atoms with Crippen molar-refractivity contribution in [1.29, 1.82) is 0 Å². The van der Waals surface area contributed by atoms with Crippen molar-refractivity contribution in [3.8, 4) is 5.75 Å². The zero-order valence-corrected chi connectivity index (χ0v) is 14.1. The van der Waals surface area contributed by atoms with Crippen LogP contribution in [0.3, 0.4) is 0 Å². The average molecular weight is 309 g/mol. The monoisotopic (exact) mass is 309 g/mol. The number of hydrogen-bond donors (Lipinski definition) is 1. The van der Waals surface area contributed by atoms with Crippen molar-refractivity contribution in [2.75, 3.05) is 13.7 Å². The van der Waals surface area contributed by atoms with Gasteiger partial charge in [0.1, 0.15) is 5.75 Å². The Labute approximate surface area is 130 Å². The predicted molar refractivity (Wildman–Crippen MR) is 88.3 cm³/mol. The van der Waals surface area contributed by atoms with Gasteiger partial charge in [-0.05, 0) is 62.4 Å². The number of benzene rings is 1. The molecule has 0 radical (unpaired) electrons. The van der Waals surface area contributed by atoms with E-state index in [-0.39, 0.29) is 5.25 Å². The van der Waals surface area contributed by atoms with E-state index in [1.807, 2.05) is 24.3 Å². The molecule has 0 saturated heterocycles. The molecule has 21 heavy (non-hydrogen) atoms. The zero-order chi connectivity index (χ0) is 15.2. The number of nitrogens with one attached hydrogen (secondary N) is 1. The molecule has 1 aromatic rings. The fourth-order valence-electron chi connectivity index (χ4n) is 3.01. The van der Waals surface area contributed by atoms with Gasteiger partial charge in [-0.15, -0.1) is 0 Å². The summed E-state index contributed by atoms with van der Waals surface area (Å²) in [6.07, 6.45) is 4.53. The number of ether oxygens (including phenoxy) is 1. The van der Waals surface area contributed by atoms with Crippen molar-refractivity contribution in [3.05, 3.63) is 24.3 Å². The Balaban J connectivity index is 2.11. The Morgan fingerprint density at radius 1 is 1.29 bits per heavy atom. The maximum atomic E-state index is 12.9. The molecule has 1 fully saturated rings. The Hall–Kier alpha value is -0.870. The first-order chi connectivity index (χ1) is 10.2. The van der Waals surface area contributed by atoms with Crippen LogP contribution in [0.2, 0.25) is 0 Å². The Kier molecular flexibility index (Phi) is 6.24. The Bertz CT molecular complexity index is 458. The van der Waals surface area contributed by atoms with Gasteiger partial charge in [0.25, 0.3) is 0 Å². The smallest absolute Gasteiger partial charge is 0.118 e. The minimum atomic E-state index is -0.952. The topological polar surface area (TPSA) is 38.3 Å². The molecule has 1 aliphatic carbocycles. The minimum Gasteiger partial charge on any atom is -0.497 e. The molecule has 0 heterocycles. The van der Waals surface area contributed by atoms with Gasteiger partial charge < -0.3 is 10.1 Å². The summed E-state index contributed by atoms with van der Waals surface area (Å²) < 4.78 is 18.1. The lowest BCUT2D eigenvalue weighted by atomic mass is 9.87. The van der Waals surface area contributed by atoms with Crippen LogP contribution in [0.25, 0.3) is 0 Å². The number of rotatable bonds is 6. The van der Waals surface area contributed by atoms with Gasteiger partial charge in [-0.3, -0.25) is 4.21 Å². The summed E-state index contributed by atoms with van der Waals surface area (Å²) in [6.45, 7) is 5.46. The van der Waals surface area contributed by atoms with Crippen molar-refractivity contribution in [3.63, 3.8) is 0 Å². The molecule has 0 bridgehead atoms. The molecule has 1 aliphatic rings. The maximum absolute atomic E-state index is 12.9. The van der Waals surface area contributed by atoms with E-state index in [9.17, 15) is 4.21 Å². The predicted octanol–water partition coefficient (Wildman–Crippen LogP) is 3.36. The second kappa shape index (κ2) is 7.95. The van der Waals surface area contributed by atoms with Gasteiger partial charge in [-0.2, -0.15) is 0 Å². The van der Waals surface area contributed by atoms with E-state index in [0.29, 0.717) is 12.0 Å². The molecule has 0 aliphatic heterocycles. The molecule has 3 nitrogen and oxygen atoms in total. The minimum absolute atomic E-state index is 0.216. The van der Waals surface area contributed by atoms with Crippen LogP contribution in [0, 0.1) is 5.92 Å². The van der Waals surface area contributed by atoms with Gasteiger partial charge in [0, 0.05) is 10.9 Å². The lowest BCUT2D eigenvalue weighted by Crippen LogP contribution is -2.46. The number of hydrogen-bond acceptors (Lipinski definition) is 3. The van der Waals surface area contributed by atoms with Crippen LogP contribution in [0.5, 0.6) is 5.75 Å². The molecule has 4 unspecified atom stereocenters. The molecule has 4 heteroatoms. The molecule has 1 N–H and O–H groups in total. The average Bonchev–Trinajstić information content (AvgIpc) is 2.53. The second-order valence-corrected chi connectivity index (χ2v) is 7.66. The van der Waals surface area contributed by atoms with Crippen molar-refractivity contribution in [2.24, 2.45) is 5.92 Å². The second-order valence-electron chi connectivity index (χ2n) is 5.99. The lowest BCUT2D eigenvalue weighted by molar-refractivity contribution is 0.313. The van der Waals surface area contributed by atoms with Gasteiger partial charge >= 0.3 is 0 Å². The van der Waals surface area contributed by atoms with Crippen molar-refractivity contribution in [2.45, 2.75) is 55.7 Å². The maximum Gasteiger partial charge on any atom is 0.118 e. The molecule has 118 valence electrons. The van der Waals surface area contributed by atoms with Gasteiger partial charge in [0.15, 0.2) is 0 Å². The zero-order valence-electron chi connectivity index (χ0n) is 13.3. The van der Waals surface area contributed by atoms with Crippen LogP contribution in [-0.2, 0) is 10.8 Å². The van der Waals surface area contributed by atoms with Crippen LogP contribution >= 0.6 is 0 Å². The molecule has 0 amide bonds. The summed E-state index contributed by atoms with van der Waals surface area (Å²) in [5.74, 6) is 1.48. The van der Waals surface area contributed by atoms with E-state index >= 15 is 0 Å². The largest absolute Gasteiger partial charge is 0.497 e. The summed E-state index contributed by atoms with van der Waals surface area (Å²) in [6, 6.07) is 8.04. The highest BCUT2D eigenvalue weighted by molar-refractivity contribution is 7.85. The fourth-order valence-corrected chi connectivity index (χ4v) is 4.80. The van der Waals surface area contributed by atoms with Crippen molar-refractivity contribution >= 4 is 10.8 Å². The van der Waals surface area contributed by atoms with E-state index in [2.05, 4.69) is 19.2 Å². The Morgan fingerprint density at radius 2 is 2.00 bits per heavy atom. The standard InChI is InChI=1S/C17H27NO2S/c1-4-11-18-16-10-5-13(2)12-17(16)21(19)15-8-6-14(20-3)7-9-15/h6-9,13,16-18H,4-5,10-12H2,1-3H3. The first-order valence-corrected chi connectivity index (χ1v) is 9.15. The van der Waals surface area contributed by atoms with Crippen LogP contribution in [0.4, 0.5) is 0 Å². The van der Waals surface area contributed by atoms with Crippen molar-refractivity contribution < 1.29 is 8.95 Å². The third kappa shape index (κ3) is 4.30. The summed E-state index contributed by atoms with van der Waals surface area (Å²) in [5, 5.41) is 3.81. The van der Waals surface area contributed by atoms with Gasteiger partial charge in [0.05, 0.1) is 23.2 Å². The van der Waals surface area contributed by atoms with Gasteiger partial charge in [-0.25, -0.2) is 0 Å². The lowest BCUT2D eigenvalue weighted by Gasteiger charge is -2.35. The molecule has 4 atom stereocenters. The van der Waals surface area contributed by atoms with E-state index in [0.717, 1.165) is 36.5 Å². The van der Waals surface area contributed by atoms with Crippen molar-refractivity contribution in [1.82, 2.24) is 5.32 Å². The first-order valence-electron chi connectivity index (χ1n) is 7.93. The summed E-state index contributed by atoms with van der Waals surface area (Å²) in [4.78, 5) is 0.915. The van der Waals surface area contributed by atoms with E-state index in [1.165, 1.54) is 6.42 Å². The first kappa shape index (κ1) is 16.5. The summed E-state index contributed by atoms with van der Waals surface area (Å²) in [7, 11) is 0.700. The SMILES string of the molecule is CCCNC1CCC(C)CC1S(=O)c1ccc(OC)cc1. The van der Waals surface area contributed by atoms with Gasteiger partial charge in [-0.1, -0.05) is 13.8 Å². The van der Waals surface area contributed by atoms with E-state index in [4.69, 9.17) is 4.74 Å². The molecule has 0 aromatic heterocycles. The van der Waals surface area contributed by atoms with E-state index < -0.39 is 10.8 Å². The highest BCUT2D eigenvalue weighted by Gasteiger charge is 2.33. The van der Waals surface area contributed by atoms with Gasteiger partial charge in [0.2, 0.25) is 0 Å². The van der Waals surface area contributed by atoms with Crippen LogP contribution < -0.4 is 10.1 Å². The molecule has 2 rings (SSSR count). The fraction of sp³-hybridized carbons (Fsp3) is 0.647. The summed E-state index contributed by atoms with van der Waals surface area (Å²) >= 11 is 0. The van der Waals surface area contributed by atoms with Crippen LogP contribution in [0.15, 0.2) is 29.2 Å². The Morgan fingerprint density at radius 3 is 2.62 bits per heavy atom. The molecule has 1 saturated carbocycles. The third-order valence-corrected chi connectivity index (χ3v) is 6.08. The highest BCUT2D eigenvalue weighted by Crippen LogP contribution is 2.30. The quantitative estimate of drug-likeness (QED) is 0.875. The molecular weight excluding hydrogens is 282 g/mol. The molecular formula is C17H27NO2S. The summed E-state index contributed by atoms with van der Waals surface area (Å²) in [5.41, 5.74) is 0. The van der Waals surface area contributed by atoms with Crippen LogP contribution in [-0.4, -0.2) is 29.2 Å². The van der Waals surface area contributed by atoms with E-state index in [1.54, 1.807) is 7.11 Å². The highest BCUT2D eigenvalue weighted by atomic mass is 32.2. The molecule has 0 spiro atoms. The number of methoxy groups -OCH3 is 1. The third-order valence-electron chi connectivity index (χ3n) is 4.28. The van der Waals surface area contributed by atoms with Crippen LogP contribution in [0.1, 0.15) is 39.5 Å². The molecule has 1 aromatic carbocycles. The normalized spacial score (nSPS) is 27.3.